The number of rotatable bonds is 3. The molecule has 0 aromatic heterocycles. The molecule has 6 heteroatoms. The van der Waals surface area contributed by atoms with Gasteiger partial charge in [0.1, 0.15) is 0 Å². The summed E-state index contributed by atoms with van der Waals surface area (Å²) < 4.78 is 5.00. The van der Waals surface area contributed by atoms with E-state index in [0.29, 0.717) is 0 Å². The zero-order chi connectivity index (χ0) is 11.7. The average Bonchev–Trinajstić information content (AvgIpc) is 2.26. The molecule has 0 unspecified atom stereocenters. The number of hydrogen-bond donors (Lipinski definition) is 1. The molecular formula is C10H10N2O4. The number of benzene rings is 1. The molecule has 0 radical (unpaired) electrons. The lowest BCUT2D eigenvalue weighted by molar-refractivity contribution is -0.384. The van der Waals surface area contributed by atoms with Gasteiger partial charge in [-0.15, -0.1) is 0 Å². The van der Waals surface area contributed by atoms with Crippen molar-refractivity contribution in [3.05, 3.63) is 39.9 Å². The van der Waals surface area contributed by atoms with E-state index in [9.17, 15) is 14.9 Å². The highest BCUT2D eigenvalue weighted by Gasteiger charge is 2.40. The highest BCUT2D eigenvalue weighted by atomic mass is 16.6. The maximum atomic E-state index is 11.1. The smallest absolute Gasteiger partial charge is 0.269 e. The van der Waals surface area contributed by atoms with Gasteiger partial charge < -0.3 is 10.1 Å². The molecule has 1 aromatic rings. The third-order valence-corrected chi connectivity index (χ3v) is 2.58. The maximum Gasteiger partial charge on any atom is 0.269 e. The van der Waals surface area contributed by atoms with Gasteiger partial charge in [0.05, 0.1) is 11.0 Å². The van der Waals surface area contributed by atoms with Gasteiger partial charge in [-0.3, -0.25) is 14.9 Å². The van der Waals surface area contributed by atoms with Crippen LogP contribution in [-0.2, 0) is 9.53 Å². The fourth-order valence-corrected chi connectivity index (χ4v) is 1.67. The summed E-state index contributed by atoms with van der Waals surface area (Å²) in [7, 11) is 1.46. The number of nitrogens with one attached hydrogen (secondary N) is 1. The summed E-state index contributed by atoms with van der Waals surface area (Å²) in [5, 5.41) is 13.1. The molecule has 1 aliphatic heterocycles. The zero-order valence-electron chi connectivity index (χ0n) is 8.54. The third-order valence-electron chi connectivity index (χ3n) is 2.58. The fourth-order valence-electron chi connectivity index (χ4n) is 1.67. The second-order valence-corrected chi connectivity index (χ2v) is 3.49. The molecule has 1 aliphatic rings. The number of nitro benzene ring substituents is 1. The summed E-state index contributed by atoms with van der Waals surface area (Å²) >= 11 is 0. The van der Waals surface area contributed by atoms with Crippen LogP contribution in [-0.4, -0.2) is 24.0 Å². The molecule has 2 rings (SSSR count). The number of amides is 1. The Labute approximate surface area is 91.4 Å². The highest BCUT2D eigenvalue weighted by Crippen LogP contribution is 2.27. The Balaban J connectivity index is 2.17. The van der Waals surface area contributed by atoms with Gasteiger partial charge in [0.15, 0.2) is 6.10 Å². The number of methoxy groups -OCH3 is 1. The Morgan fingerprint density at radius 2 is 2.00 bits per heavy atom. The summed E-state index contributed by atoms with van der Waals surface area (Å²) in [5.41, 5.74) is 0.834. The predicted molar refractivity (Wildman–Crippen MR) is 54.8 cm³/mol. The molecular weight excluding hydrogens is 212 g/mol. The first kappa shape index (κ1) is 10.6. The van der Waals surface area contributed by atoms with Gasteiger partial charge in [-0.05, 0) is 5.56 Å². The van der Waals surface area contributed by atoms with Gasteiger partial charge >= 0.3 is 0 Å². The minimum absolute atomic E-state index is 0.0309. The Morgan fingerprint density at radius 1 is 1.38 bits per heavy atom. The normalized spacial score (nSPS) is 23.4. The molecule has 1 fully saturated rings. The fraction of sp³-hybridized carbons (Fsp3) is 0.300. The van der Waals surface area contributed by atoms with E-state index >= 15 is 0 Å². The van der Waals surface area contributed by atoms with Crippen LogP contribution in [0.3, 0.4) is 0 Å². The number of nitro groups is 1. The van der Waals surface area contributed by atoms with Crippen molar-refractivity contribution < 1.29 is 14.5 Å². The number of non-ortho nitro benzene ring substituents is 1. The third kappa shape index (κ3) is 1.63. The van der Waals surface area contributed by atoms with Crippen molar-refractivity contribution in [2.24, 2.45) is 0 Å². The summed E-state index contributed by atoms with van der Waals surface area (Å²) in [4.78, 5) is 21.1. The first-order chi connectivity index (χ1) is 7.63. The highest BCUT2D eigenvalue weighted by molar-refractivity contribution is 5.88. The van der Waals surface area contributed by atoms with E-state index < -0.39 is 11.0 Å². The predicted octanol–water partition coefficient (Wildman–Crippen LogP) is 0.781. The van der Waals surface area contributed by atoms with Crippen molar-refractivity contribution in [3.8, 4) is 0 Å². The first-order valence-corrected chi connectivity index (χ1v) is 4.71. The SMILES string of the molecule is CO[C@H]1C(=O)N[C@H]1c1ccc([N+](=O)[O-])cc1. The van der Waals surface area contributed by atoms with Gasteiger partial charge in [0, 0.05) is 19.2 Å². The van der Waals surface area contributed by atoms with Gasteiger partial charge in [-0.2, -0.15) is 0 Å². The Hall–Kier alpha value is -1.95. The van der Waals surface area contributed by atoms with Crippen LogP contribution >= 0.6 is 0 Å². The van der Waals surface area contributed by atoms with Gasteiger partial charge in [0.25, 0.3) is 11.6 Å². The molecule has 0 aliphatic carbocycles. The van der Waals surface area contributed by atoms with Crippen molar-refractivity contribution in [3.63, 3.8) is 0 Å². The number of ether oxygens (including phenoxy) is 1. The molecule has 0 bridgehead atoms. The molecule has 16 heavy (non-hydrogen) atoms. The molecule has 84 valence electrons. The van der Waals surface area contributed by atoms with Crippen LogP contribution in [0, 0.1) is 10.1 Å². The van der Waals surface area contributed by atoms with E-state index in [1.165, 1.54) is 19.2 Å². The van der Waals surface area contributed by atoms with Crippen LogP contribution in [0.5, 0.6) is 0 Å². The van der Waals surface area contributed by atoms with Gasteiger partial charge in [0.2, 0.25) is 0 Å². The molecule has 1 amide bonds. The van der Waals surface area contributed by atoms with Crippen LogP contribution < -0.4 is 5.32 Å². The number of β-lactam (4-membered cyclic amide) rings is 1. The number of carbonyl (C=O) groups excluding carboxylic acids is 1. The molecule has 6 nitrogen and oxygen atoms in total. The maximum absolute atomic E-state index is 11.1. The molecule has 1 N–H and O–H groups in total. The molecule has 1 heterocycles. The molecule has 1 saturated heterocycles. The van der Waals surface area contributed by atoms with Crippen molar-refractivity contribution in [2.45, 2.75) is 12.1 Å². The van der Waals surface area contributed by atoms with E-state index in [2.05, 4.69) is 5.32 Å². The summed E-state index contributed by atoms with van der Waals surface area (Å²) in [5.74, 6) is -0.161. The van der Waals surface area contributed by atoms with Crippen molar-refractivity contribution in [1.82, 2.24) is 5.32 Å². The molecule has 0 saturated carbocycles. The number of carbonyl (C=O) groups is 1. The zero-order valence-corrected chi connectivity index (χ0v) is 8.54. The Bertz CT molecular complexity index is 429. The van der Waals surface area contributed by atoms with Crippen molar-refractivity contribution in [2.75, 3.05) is 7.11 Å². The Morgan fingerprint density at radius 3 is 2.44 bits per heavy atom. The quantitative estimate of drug-likeness (QED) is 0.465. The second kappa shape index (κ2) is 3.90. The minimum atomic E-state index is -0.499. The second-order valence-electron chi connectivity index (χ2n) is 3.49. The topological polar surface area (TPSA) is 81.5 Å². The molecule has 2 atom stereocenters. The number of hydrogen-bond acceptors (Lipinski definition) is 4. The van der Waals surface area contributed by atoms with Crippen molar-refractivity contribution >= 4 is 11.6 Å². The van der Waals surface area contributed by atoms with E-state index in [1.54, 1.807) is 12.1 Å². The minimum Gasteiger partial charge on any atom is -0.369 e. The lowest BCUT2D eigenvalue weighted by Gasteiger charge is -2.35. The summed E-state index contributed by atoms with van der Waals surface area (Å²) in [6.07, 6.45) is -0.499. The van der Waals surface area contributed by atoms with E-state index in [0.717, 1.165) is 5.56 Å². The van der Waals surface area contributed by atoms with Crippen LogP contribution in [0.25, 0.3) is 0 Å². The van der Waals surface area contributed by atoms with Crippen molar-refractivity contribution in [1.29, 1.82) is 0 Å². The van der Waals surface area contributed by atoms with Crippen LogP contribution in [0.1, 0.15) is 11.6 Å². The van der Waals surface area contributed by atoms with Gasteiger partial charge in [-0.25, -0.2) is 0 Å². The van der Waals surface area contributed by atoms with E-state index in [4.69, 9.17) is 4.74 Å². The number of nitrogens with zero attached hydrogens (tertiary/aromatic N) is 1. The van der Waals surface area contributed by atoms with Crippen LogP contribution in [0.15, 0.2) is 24.3 Å². The summed E-state index contributed by atoms with van der Waals surface area (Å²) in [6.45, 7) is 0. The Kier molecular flexibility index (Phi) is 2.57. The molecule has 0 spiro atoms. The van der Waals surface area contributed by atoms with E-state index in [-0.39, 0.29) is 17.6 Å². The standard InChI is InChI=1S/C10H10N2O4/c1-16-9-8(11-10(9)13)6-2-4-7(5-3-6)12(14)15/h2-5,8-9H,1H3,(H,11,13)/t8-,9+/m0/s1. The lowest BCUT2D eigenvalue weighted by Crippen LogP contribution is -2.56. The van der Waals surface area contributed by atoms with E-state index in [1.807, 2.05) is 0 Å². The molecule has 1 aromatic carbocycles. The lowest BCUT2D eigenvalue weighted by atomic mass is 9.94. The average molecular weight is 222 g/mol. The van der Waals surface area contributed by atoms with Crippen LogP contribution in [0.2, 0.25) is 0 Å². The monoisotopic (exact) mass is 222 g/mol. The van der Waals surface area contributed by atoms with Gasteiger partial charge in [-0.1, -0.05) is 12.1 Å². The largest absolute Gasteiger partial charge is 0.369 e. The summed E-state index contributed by atoms with van der Waals surface area (Å²) in [6, 6.07) is 5.85. The first-order valence-electron chi connectivity index (χ1n) is 4.71. The van der Waals surface area contributed by atoms with Crippen LogP contribution in [0.4, 0.5) is 5.69 Å².